The minimum atomic E-state index is 0.221. The zero-order valence-corrected chi connectivity index (χ0v) is 16.5. The topological polar surface area (TPSA) is 54.2 Å². The molecule has 1 saturated carbocycles. The van der Waals surface area contributed by atoms with Gasteiger partial charge in [-0.15, -0.1) is 0 Å². The van der Waals surface area contributed by atoms with Crippen molar-refractivity contribution >= 4 is 5.96 Å². The number of benzene rings is 1. The predicted molar refractivity (Wildman–Crippen MR) is 107 cm³/mol. The third kappa shape index (κ3) is 3.76. The molecule has 0 aliphatic heterocycles. The highest BCUT2D eigenvalue weighted by Crippen LogP contribution is 2.40. The van der Waals surface area contributed by atoms with Crippen molar-refractivity contribution in [2.75, 3.05) is 13.6 Å². The Morgan fingerprint density at radius 2 is 1.85 bits per heavy atom. The number of guanidine groups is 1. The molecule has 3 rings (SSSR count). The van der Waals surface area contributed by atoms with Gasteiger partial charge in [-0.2, -0.15) is 5.10 Å². The van der Waals surface area contributed by atoms with Gasteiger partial charge in [0.1, 0.15) is 0 Å². The second kappa shape index (κ2) is 7.94. The Morgan fingerprint density at radius 1 is 1.15 bits per heavy atom. The van der Waals surface area contributed by atoms with Gasteiger partial charge in [-0.1, -0.05) is 43.2 Å². The van der Waals surface area contributed by atoms with Crippen LogP contribution in [0.15, 0.2) is 35.3 Å². The molecule has 5 nitrogen and oxygen atoms in total. The molecular weight excluding hydrogens is 322 g/mol. The van der Waals surface area contributed by atoms with Crippen molar-refractivity contribution in [3.8, 4) is 0 Å². The number of hydrogen-bond acceptors (Lipinski definition) is 2. The highest BCUT2D eigenvalue weighted by atomic mass is 15.3. The van der Waals surface area contributed by atoms with Crippen LogP contribution in [0.5, 0.6) is 0 Å². The number of hydrogen-bond donors (Lipinski definition) is 2. The third-order valence-electron chi connectivity index (χ3n) is 5.86. The van der Waals surface area contributed by atoms with Gasteiger partial charge in [-0.05, 0) is 32.3 Å². The number of aromatic nitrogens is 2. The molecular formula is C21H31N5. The summed E-state index contributed by atoms with van der Waals surface area (Å²) in [6, 6.07) is 10.9. The Kier molecular flexibility index (Phi) is 5.64. The van der Waals surface area contributed by atoms with Crippen LogP contribution in [0.25, 0.3) is 0 Å². The maximum Gasteiger partial charge on any atom is 0.191 e. The SMILES string of the molecule is CN=C(NCc1c(C)nn(C)c1C)NCC1(c2ccccc2)CCCC1. The van der Waals surface area contributed by atoms with Gasteiger partial charge >= 0.3 is 0 Å². The lowest BCUT2D eigenvalue weighted by atomic mass is 9.79. The van der Waals surface area contributed by atoms with Gasteiger partial charge in [-0.25, -0.2) is 0 Å². The molecule has 2 N–H and O–H groups in total. The van der Waals surface area contributed by atoms with E-state index < -0.39 is 0 Å². The van der Waals surface area contributed by atoms with E-state index in [1.54, 1.807) is 0 Å². The lowest BCUT2D eigenvalue weighted by Crippen LogP contribution is -2.44. The summed E-state index contributed by atoms with van der Waals surface area (Å²) >= 11 is 0. The molecule has 5 heteroatoms. The standard InChI is InChI=1S/C21H31N5/c1-16-19(17(2)26(4)25-16)14-23-20(22-3)24-15-21(12-8-9-13-21)18-10-6-5-7-11-18/h5-7,10-11H,8-9,12-15H2,1-4H3,(H2,22,23,24). The van der Waals surface area contributed by atoms with E-state index in [0.717, 1.165) is 24.7 Å². The molecule has 140 valence electrons. The van der Waals surface area contributed by atoms with E-state index in [9.17, 15) is 0 Å². The van der Waals surface area contributed by atoms with Gasteiger partial charge in [-0.3, -0.25) is 9.67 Å². The largest absolute Gasteiger partial charge is 0.356 e. The first-order chi connectivity index (χ1) is 12.6. The van der Waals surface area contributed by atoms with Gasteiger partial charge in [0.05, 0.1) is 5.69 Å². The van der Waals surface area contributed by atoms with Gasteiger partial charge in [0, 0.05) is 43.9 Å². The number of aryl methyl sites for hydroxylation is 2. The minimum Gasteiger partial charge on any atom is -0.356 e. The van der Waals surface area contributed by atoms with E-state index in [4.69, 9.17) is 0 Å². The Morgan fingerprint density at radius 3 is 2.42 bits per heavy atom. The van der Waals surface area contributed by atoms with Crippen LogP contribution >= 0.6 is 0 Å². The van der Waals surface area contributed by atoms with Crippen LogP contribution < -0.4 is 10.6 Å². The van der Waals surface area contributed by atoms with Crippen LogP contribution in [0.1, 0.15) is 48.2 Å². The normalized spacial score (nSPS) is 16.7. The maximum absolute atomic E-state index is 4.49. The molecule has 26 heavy (non-hydrogen) atoms. The van der Waals surface area contributed by atoms with Crippen molar-refractivity contribution in [2.24, 2.45) is 12.0 Å². The summed E-state index contributed by atoms with van der Waals surface area (Å²) in [6.45, 7) is 5.82. The second-order valence-electron chi connectivity index (χ2n) is 7.41. The van der Waals surface area contributed by atoms with Crippen LogP contribution in [0, 0.1) is 13.8 Å². The molecule has 1 fully saturated rings. The molecule has 2 aromatic rings. The molecule has 0 unspecified atom stereocenters. The van der Waals surface area contributed by atoms with Crippen LogP contribution in [0.3, 0.4) is 0 Å². The van der Waals surface area contributed by atoms with E-state index in [2.05, 4.69) is 64.9 Å². The summed E-state index contributed by atoms with van der Waals surface area (Å²) in [6.07, 6.45) is 5.08. The molecule has 1 aromatic heterocycles. The van der Waals surface area contributed by atoms with Gasteiger partial charge in [0.2, 0.25) is 0 Å². The van der Waals surface area contributed by atoms with Gasteiger partial charge < -0.3 is 10.6 Å². The number of nitrogens with one attached hydrogen (secondary N) is 2. The minimum absolute atomic E-state index is 0.221. The van der Waals surface area contributed by atoms with Crippen LogP contribution in [0.4, 0.5) is 0 Å². The number of nitrogens with zero attached hydrogens (tertiary/aromatic N) is 3. The zero-order valence-electron chi connectivity index (χ0n) is 16.5. The van der Waals surface area contributed by atoms with E-state index in [0.29, 0.717) is 0 Å². The fraction of sp³-hybridized carbons (Fsp3) is 0.524. The molecule has 1 heterocycles. The fourth-order valence-corrected chi connectivity index (χ4v) is 4.13. The van der Waals surface area contributed by atoms with Crippen LogP contribution in [0.2, 0.25) is 0 Å². The lowest BCUT2D eigenvalue weighted by Gasteiger charge is -2.30. The fourth-order valence-electron chi connectivity index (χ4n) is 4.13. The van der Waals surface area contributed by atoms with Crippen molar-refractivity contribution in [2.45, 2.75) is 51.5 Å². The van der Waals surface area contributed by atoms with E-state index >= 15 is 0 Å². The Labute approximate surface area is 156 Å². The van der Waals surface area contributed by atoms with Gasteiger partial charge in [0.25, 0.3) is 0 Å². The van der Waals surface area contributed by atoms with Crippen molar-refractivity contribution in [3.63, 3.8) is 0 Å². The van der Waals surface area contributed by atoms with E-state index in [1.807, 2.05) is 18.8 Å². The monoisotopic (exact) mass is 353 g/mol. The maximum atomic E-state index is 4.49. The Hall–Kier alpha value is -2.30. The lowest BCUT2D eigenvalue weighted by molar-refractivity contribution is 0.431. The first-order valence-corrected chi connectivity index (χ1v) is 9.55. The van der Waals surface area contributed by atoms with Crippen molar-refractivity contribution in [1.82, 2.24) is 20.4 Å². The summed E-state index contributed by atoms with van der Waals surface area (Å²) in [7, 11) is 3.82. The highest BCUT2D eigenvalue weighted by Gasteiger charge is 2.35. The molecule has 1 aliphatic carbocycles. The zero-order chi connectivity index (χ0) is 18.6. The molecule has 0 amide bonds. The molecule has 0 radical (unpaired) electrons. The third-order valence-corrected chi connectivity index (χ3v) is 5.86. The van der Waals surface area contributed by atoms with E-state index in [-0.39, 0.29) is 5.41 Å². The first kappa shape index (κ1) is 18.5. The predicted octanol–water partition coefficient (Wildman–Crippen LogP) is 3.21. The molecule has 0 spiro atoms. The van der Waals surface area contributed by atoms with Crippen molar-refractivity contribution in [1.29, 1.82) is 0 Å². The second-order valence-corrected chi connectivity index (χ2v) is 7.41. The summed E-state index contributed by atoms with van der Waals surface area (Å²) in [5.41, 5.74) is 5.18. The quantitative estimate of drug-likeness (QED) is 0.641. The molecule has 1 aromatic carbocycles. The molecule has 0 saturated heterocycles. The smallest absolute Gasteiger partial charge is 0.191 e. The van der Waals surface area contributed by atoms with Crippen molar-refractivity contribution in [3.05, 3.63) is 52.8 Å². The average Bonchev–Trinajstić information content (AvgIpc) is 3.23. The average molecular weight is 354 g/mol. The van der Waals surface area contributed by atoms with Gasteiger partial charge in [0.15, 0.2) is 5.96 Å². The molecule has 0 bridgehead atoms. The van der Waals surface area contributed by atoms with Crippen LogP contribution in [-0.2, 0) is 19.0 Å². The van der Waals surface area contributed by atoms with E-state index in [1.165, 1.54) is 42.5 Å². The Balaban J connectivity index is 1.65. The van der Waals surface area contributed by atoms with Crippen molar-refractivity contribution < 1.29 is 0 Å². The number of aliphatic imine (C=N–C) groups is 1. The van der Waals surface area contributed by atoms with Crippen LogP contribution in [-0.4, -0.2) is 29.3 Å². The first-order valence-electron chi connectivity index (χ1n) is 9.55. The summed E-state index contributed by atoms with van der Waals surface area (Å²) in [5, 5.41) is 11.5. The molecule has 0 atom stereocenters. The Bertz CT molecular complexity index is 754. The summed E-state index contributed by atoms with van der Waals surface area (Å²) < 4.78 is 1.94. The summed E-state index contributed by atoms with van der Waals surface area (Å²) in [4.78, 5) is 4.42. The number of rotatable bonds is 5. The highest BCUT2D eigenvalue weighted by molar-refractivity contribution is 5.79. The molecule has 1 aliphatic rings. The summed E-state index contributed by atoms with van der Waals surface area (Å²) in [5.74, 6) is 0.856.